The molecule has 35 heavy (non-hydrogen) atoms. The van der Waals surface area contributed by atoms with E-state index in [0.29, 0.717) is 47.0 Å². The molecule has 0 saturated carbocycles. The molecule has 2 saturated heterocycles. The van der Waals surface area contributed by atoms with E-state index in [-0.39, 0.29) is 29.5 Å². The molecular formula is C23H22FN5O5S. The van der Waals surface area contributed by atoms with Crippen LogP contribution < -0.4 is 10.2 Å². The maximum Gasteiger partial charge on any atom is 0.415 e. The SMILES string of the molecule is CC(=O)N=S1(=O)CCN(c2ccc3c(n2)C2=C4C=C(C3=C2F)C2[C@H](CNC(C)=O)OC(=O)N42)CC1. The van der Waals surface area contributed by atoms with Crippen molar-refractivity contribution in [2.24, 2.45) is 4.36 Å². The Bertz CT molecular complexity index is 1440. The molecule has 5 aliphatic rings. The number of cyclic esters (lactones) is 1. The number of aromatic nitrogens is 1. The van der Waals surface area contributed by atoms with Gasteiger partial charge in [0.25, 0.3) is 5.91 Å². The van der Waals surface area contributed by atoms with Gasteiger partial charge in [0.15, 0.2) is 0 Å². The van der Waals surface area contributed by atoms with E-state index < -0.39 is 39.7 Å². The van der Waals surface area contributed by atoms with E-state index in [9.17, 15) is 18.6 Å². The third-order valence-corrected chi connectivity index (χ3v) is 9.08. The van der Waals surface area contributed by atoms with Crippen molar-refractivity contribution in [2.45, 2.75) is 26.0 Å². The van der Waals surface area contributed by atoms with E-state index in [2.05, 4.69) is 9.68 Å². The third kappa shape index (κ3) is 3.23. The normalized spacial score (nSPS) is 25.3. The summed E-state index contributed by atoms with van der Waals surface area (Å²) < 4.78 is 37.7. The molecule has 6 rings (SSSR count). The van der Waals surface area contributed by atoms with Gasteiger partial charge in [-0.05, 0) is 23.8 Å². The van der Waals surface area contributed by atoms with Gasteiger partial charge in [0.05, 0.1) is 33.2 Å². The summed E-state index contributed by atoms with van der Waals surface area (Å²) >= 11 is 0. The molecule has 0 spiro atoms. The van der Waals surface area contributed by atoms with Crippen LogP contribution in [0.4, 0.5) is 15.0 Å². The van der Waals surface area contributed by atoms with Crippen LogP contribution >= 0.6 is 0 Å². The molecule has 0 radical (unpaired) electrons. The molecule has 1 unspecified atom stereocenters. The third-order valence-electron chi connectivity index (χ3n) is 6.85. The van der Waals surface area contributed by atoms with Crippen LogP contribution in [-0.4, -0.2) is 75.3 Å². The highest BCUT2D eigenvalue weighted by Crippen LogP contribution is 2.57. The first-order valence-electron chi connectivity index (χ1n) is 11.3. The number of nitrogens with zero attached hydrogens (tertiary/aromatic N) is 4. The highest BCUT2D eigenvalue weighted by Gasteiger charge is 2.55. The van der Waals surface area contributed by atoms with E-state index in [1.165, 1.54) is 18.7 Å². The molecule has 10 nitrogen and oxygen atoms in total. The minimum absolute atomic E-state index is 0.134. The molecule has 5 heterocycles. The Balaban J connectivity index is 1.33. The molecule has 2 fully saturated rings. The van der Waals surface area contributed by atoms with Gasteiger partial charge in [0.1, 0.15) is 23.8 Å². The average molecular weight is 500 g/mol. The van der Waals surface area contributed by atoms with Gasteiger partial charge in [-0.2, -0.15) is 4.36 Å². The van der Waals surface area contributed by atoms with Crippen LogP contribution in [0.3, 0.4) is 0 Å². The number of anilines is 1. The van der Waals surface area contributed by atoms with Gasteiger partial charge in [-0.1, -0.05) is 0 Å². The zero-order valence-electron chi connectivity index (χ0n) is 19.0. The van der Waals surface area contributed by atoms with Gasteiger partial charge < -0.3 is 15.0 Å². The lowest BCUT2D eigenvalue weighted by atomic mass is 9.92. The van der Waals surface area contributed by atoms with Crippen molar-refractivity contribution in [2.75, 3.05) is 36.0 Å². The minimum Gasteiger partial charge on any atom is -0.441 e. The molecule has 4 aliphatic heterocycles. The summed E-state index contributed by atoms with van der Waals surface area (Å²) in [6, 6.07) is 3.10. The number of rotatable bonds is 3. The molecule has 182 valence electrons. The van der Waals surface area contributed by atoms with Gasteiger partial charge in [-0.15, -0.1) is 0 Å². The maximum absolute atomic E-state index is 15.6. The highest BCUT2D eigenvalue weighted by atomic mass is 32.2. The lowest BCUT2D eigenvalue weighted by Crippen LogP contribution is -2.41. The Labute approximate surface area is 200 Å². The van der Waals surface area contributed by atoms with Crippen LogP contribution in [0.5, 0.6) is 0 Å². The molecule has 1 aliphatic carbocycles. The molecule has 1 aromatic heterocycles. The molecule has 0 aromatic carbocycles. The summed E-state index contributed by atoms with van der Waals surface area (Å²) in [5.41, 5.74) is 2.80. The van der Waals surface area contributed by atoms with Gasteiger partial charge in [-0.25, -0.2) is 18.4 Å². The number of nitrogens with one attached hydrogen (secondary N) is 1. The molecule has 1 aromatic rings. The van der Waals surface area contributed by atoms with Crippen LogP contribution in [0.25, 0.3) is 11.1 Å². The first-order chi connectivity index (χ1) is 16.7. The zero-order chi connectivity index (χ0) is 24.6. The molecule has 4 bridgehead atoms. The number of allylic oxidation sites excluding steroid dienone is 3. The van der Waals surface area contributed by atoms with E-state index in [0.717, 1.165) is 0 Å². The van der Waals surface area contributed by atoms with Crippen LogP contribution in [0.15, 0.2) is 39.7 Å². The smallest absolute Gasteiger partial charge is 0.415 e. The predicted molar refractivity (Wildman–Crippen MR) is 125 cm³/mol. The second-order valence-corrected chi connectivity index (χ2v) is 11.6. The number of carbonyl (C=O) groups excluding carboxylic acids is 3. The number of amides is 3. The van der Waals surface area contributed by atoms with Crippen molar-refractivity contribution in [3.05, 3.63) is 46.6 Å². The quantitative estimate of drug-likeness (QED) is 0.671. The lowest BCUT2D eigenvalue weighted by Gasteiger charge is -2.30. The topological polar surface area (TPSA) is 121 Å². The Morgan fingerprint density at radius 1 is 1.26 bits per heavy atom. The lowest BCUT2D eigenvalue weighted by molar-refractivity contribution is -0.119. The number of hydrogen-bond acceptors (Lipinski definition) is 7. The number of ether oxygens (including phenoxy) is 1. The molecule has 12 heteroatoms. The fourth-order valence-corrected chi connectivity index (χ4v) is 7.25. The van der Waals surface area contributed by atoms with Gasteiger partial charge >= 0.3 is 6.09 Å². The summed E-state index contributed by atoms with van der Waals surface area (Å²) in [4.78, 5) is 43.5. The highest BCUT2D eigenvalue weighted by molar-refractivity contribution is 7.94. The van der Waals surface area contributed by atoms with Gasteiger partial charge in [0, 0.05) is 49.6 Å². The van der Waals surface area contributed by atoms with Crippen molar-refractivity contribution >= 4 is 44.6 Å². The number of pyridine rings is 1. The van der Waals surface area contributed by atoms with Crippen molar-refractivity contribution in [3.63, 3.8) is 0 Å². The van der Waals surface area contributed by atoms with Crippen molar-refractivity contribution in [1.29, 1.82) is 0 Å². The second-order valence-electron chi connectivity index (χ2n) is 9.07. The van der Waals surface area contributed by atoms with E-state index in [4.69, 9.17) is 9.72 Å². The molecule has 2 atom stereocenters. The summed E-state index contributed by atoms with van der Waals surface area (Å²) in [6.07, 6.45) is 0.591. The van der Waals surface area contributed by atoms with Crippen molar-refractivity contribution in [1.82, 2.24) is 15.2 Å². The minimum atomic E-state index is -2.57. The first-order valence-corrected chi connectivity index (χ1v) is 13.1. The number of hydrogen-bond donors (Lipinski definition) is 1. The summed E-state index contributed by atoms with van der Waals surface area (Å²) in [5.74, 6) is 0.00455. The van der Waals surface area contributed by atoms with Gasteiger partial charge in [-0.3, -0.25) is 14.5 Å². The van der Waals surface area contributed by atoms with Gasteiger partial charge in [0.2, 0.25) is 5.91 Å². The standard InChI is InChI=1S/C23H22FN5O5S/c1-11(30)25-10-16-22-14-9-15(29(22)23(32)34-16)19-20(24)18(14)13-3-4-17(26-21(13)19)28-5-7-35(33,8-6-28)27-12(2)31/h3-4,9,16,22H,5-8,10H2,1-2H3,(H,25,30)/t16-,22?/m0/s1. The number of halogens is 1. The van der Waals surface area contributed by atoms with E-state index in [1.54, 1.807) is 12.1 Å². The van der Waals surface area contributed by atoms with E-state index >= 15 is 4.39 Å². The Kier molecular flexibility index (Phi) is 4.69. The average Bonchev–Trinajstić information content (AvgIpc) is 3.35. The number of carbonyl (C=O) groups is 3. The largest absolute Gasteiger partial charge is 0.441 e. The van der Waals surface area contributed by atoms with Crippen LogP contribution in [-0.2, 0) is 24.1 Å². The monoisotopic (exact) mass is 499 g/mol. The first kappa shape index (κ1) is 22.0. The molecule has 1 N–H and O–H groups in total. The van der Waals surface area contributed by atoms with Crippen LogP contribution in [0.1, 0.15) is 25.1 Å². The second kappa shape index (κ2) is 7.48. The van der Waals surface area contributed by atoms with Crippen LogP contribution in [0.2, 0.25) is 0 Å². The summed E-state index contributed by atoms with van der Waals surface area (Å²) in [5, 5.41) is 2.68. The zero-order valence-corrected chi connectivity index (χ0v) is 19.9. The van der Waals surface area contributed by atoms with Crippen LogP contribution in [0, 0.1) is 0 Å². The Morgan fingerprint density at radius 3 is 2.69 bits per heavy atom. The Hall–Kier alpha value is -3.54. The maximum atomic E-state index is 15.6. The fraction of sp³-hybridized carbons (Fsp3) is 0.391. The predicted octanol–water partition coefficient (Wildman–Crippen LogP) is 1.60. The number of fused-ring (bicyclic) bond motifs is 1. The summed E-state index contributed by atoms with van der Waals surface area (Å²) in [6.45, 7) is 3.63. The van der Waals surface area contributed by atoms with E-state index in [1.807, 2.05) is 11.0 Å². The van der Waals surface area contributed by atoms with Crippen molar-refractivity contribution in [3.8, 4) is 0 Å². The Morgan fingerprint density at radius 2 is 2.00 bits per heavy atom. The fourth-order valence-electron chi connectivity index (χ4n) is 5.39. The summed E-state index contributed by atoms with van der Waals surface area (Å²) in [7, 11) is -2.57. The van der Waals surface area contributed by atoms with Crippen molar-refractivity contribution < 1.29 is 27.7 Å². The molecule has 3 amide bonds. The molecular weight excluding hydrogens is 477 g/mol.